The lowest BCUT2D eigenvalue weighted by Gasteiger charge is -2.25. The number of rotatable bonds is 5. The van der Waals surface area contributed by atoms with E-state index in [4.69, 9.17) is 22.8 Å². The SMILES string of the molecule is C#Cc1ccc(-c2ccc(Cl)c3cnn(C)c23)c(C(Cc2cc(F)cc(F)c2)NC(=O)OC(C)(C)C)n1. The minimum Gasteiger partial charge on any atom is -0.444 e. The lowest BCUT2D eigenvalue weighted by Crippen LogP contribution is -2.36. The summed E-state index contributed by atoms with van der Waals surface area (Å²) >= 11 is 6.41. The average Bonchev–Trinajstić information content (AvgIpc) is 3.19. The second-order valence-electron chi connectivity index (χ2n) is 9.58. The van der Waals surface area contributed by atoms with Gasteiger partial charge in [-0.2, -0.15) is 5.10 Å². The number of nitrogens with one attached hydrogen (secondary N) is 1. The predicted octanol–water partition coefficient (Wildman–Crippen LogP) is 6.36. The minimum absolute atomic E-state index is 0.0179. The van der Waals surface area contributed by atoms with E-state index in [-0.39, 0.29) is 6.42 Å². The van der Waals surface area contributed by atoms with Gasteiger partial charge in [0.2, 0.25) is 0 Å². The van der Waals surface area contributed by atoms with Gasteiger partial charge in [0.15, 0.2) is 0 Å². The third-order valence-electron chi connectivity index (χ3n) is 5.59. The molecule has 2 heterocycles. The monoisotopic (exact) mass is 522 g/mol. The Morgan fingerprint density at radius 1 is 1.16 bits per heavy atom. The van der Waals surface area contributed by atoms with Gasteiger partial charge >= 0.3 is 6.09 Å². The highest BCUT2D eigenvalue weighted by Gasteiger charge is 2.26. The molecule has 1 unspecified atom stereocenters. The van der Waals surface area contributed by atoms with E-state index in [1.807, 2.05) is 6.07 Å². The topological polar surface area (TPSA) is 69.0 Å². The van der Waals surface area contributed by atoms with Crippen molar-refractivity contribution in [1.29, 1.82) is 0 Å². The molecular weight excluding hydrogens is 498 g/mol. The van der Waals surface area contributed by atoms with Crippen LogP contribution in [0.2, 0.25) is 5.02 Å². The smallest absolute Gasteiger partial charge is 0.408 e. The van der Waals surface area contributed by atoms with Crippen LogP contribution in [-0.4, -0.2) is 26.5 Å². The van der Waals surface area contributed by atoms with Crippen molar-refractivity contribution in [3.8, 4) is 23.5 Å². The second kappa shape index (κ2) is 10.2. The number of fused-ring (bicyclic) bond motifs is 1. The van der Waals surface area contributed by atoms with Gasteiger partial charge in [-0.25, -0.2) is 18.6 Å². The van der Waals surface area contributed by atoms with E-state index in [0.717, 1.165) is 22.5 Å². The van der Waals surface area contributed by atoms with Crippen molar-refractivity contribution in [2.45, 2.75) is 38.8 Å². The van der Waals surface area contributed by atoms with E-state index < -0.39 is 29.4 Å². The Hall–Kier alpha value is -3.96. The Morgan fingerprint density at radius 3 is 2.49 bits per heavy atom. The number of alkyl carbamates (subject to hydrolysis) is 1. The van der Waals surface area contributed by atoms with Gasteiger partial charge in [-0.3, -0.25) is 4.68 Å². The summed E-state index contributed by atoms with van der Waals surface area (Å²) in [5.74, 6) is 1.05. The van der Waals surface area contributed by atoms with Crippen LogP contribution in [0.25, 0.3) is 22.0 Å². The van der Waals surface area contributed by atoms with Gasteiger partial charge in [-0.05, 0) is 63.1 Å². The molecule has 0 bridgehead atoms. The predicted molar refractivity (Wildman–Crippen MR) is 139 cm³/mol. The number of carbonyl (C=O) groups excluding carboxylic acids is 1. The largest absolute Gasteiger partial charge is 0.444 e. The maximum atomic E-state index is 14.0. The molecule has 0 aliphatic heterocycles. The van der Waals surface area contributed by atoms with E-state index in [1.165, 1.54) is 12.1 Å². The molecule has 4 aromatic rings. The summed E-state index contributed by atoms with van der Waals surface area (Å²) in [4.78, 5) is 17.5. The van der Waals surface area contributed by atoms with Crippen LogP contribution in [0.5, 0.6) is 0 Å². The van der Waals surface area contributed by atoms with Crippen LogP contribution in [0.1, 0.15) is 43.8 Å². The van der Waals surface area contributed by atoms with Crippen molar-refractivity contribution in [2.75, 3.05) is 0 Å². The first-order valence-corrected chi connectivity index (χ1v) is 11.9. The van der Waals surface area contributed by atoms with Crippen LogP contribution >= 0.6 is 11.6 Å². The molecule has 0 saturated heterocycles. The van der Waals surface area contributed by atoms with Crippen LogP contribution in [0.15, 0.2) is 48.7 Å². The number of nitrogens with zero attached hydrogens (tertiary/aromatic N) is 3. The number of aromatic nitrogens is 3. The number of aryl methyl sites for hydroxylation is 1. The number of terminal acetylenes is 1. The molecule has 0 radical (unpaired) electrons. The molecule has 1 amide bonds. The van der Waals surface area contributed by atoms with Crippen molar-refractivity contribution < 1.29 is 18.3 Å². The van der Waals surface area contributed by atoms with Crippen molar-refractivity contribution in [3.05, 3.63) is 82.3 Å². The average molecular weight is 523 g/mol. The Kier molecular flexibility index (Phi) is 7.19. The first-order chi connectivity index (χ1) is 17.4. The summed E-state index contributed by atoms with van der Waals surface area (Å²) in [5, 5.41) is 8.42. The number of hydrogen-bond acceptors (Lipinski definition) is 4. The number of hydrogen-bond donors (Lipinski definition) is 1. The molecule has 9 heteroatoms. The zero-order valence-electron chi connectivity index (χ0n) is 20.8. The number of halogens is 3. The van der Waals surface area contributed by atoms with Crippen LogP contribution < -0.4 is 5.32 Å². The van der Waals surface area contributed by atoms with Crippen LogP contribution in [0, 0.1) is 24.0 Å². The highest BCUT2D eigenvalue weighted by molar-refractivity contribution is 6.35. The number of amides is 1. The van der Waals surface area contributed by atoms with E-state index in [9.17, 15) is 13.6 Å². The molecule has 1 atom stereocenters. The van der Waals surface area contributed by atoms with Crippen LogP contribution in [-0.2, 0) is 18.2 Å². The quantitative estimate of drug-likeness (QED) is 0.310. The normalized spacial score (nSPS) is 12.3. The van der Waals surface area contributed by atoms with Crippen molar-refractivity contribution in [3.63, 3.8) is 0 Å². The highest BCUT2D eigenvalue weighted by Crippen LogP contribution is 2.36. The van der Waals surface area contributed by atoms with Gasteiger partial charge in [0.1, 0.15) is 22.9 Å². The Balaban J connectivity index is 1.90. The molecular formula is C28H25ClF2N4O2. The van der Waals surface area contributed by atoms with Crippen LogP contribution in [0.4, 0.5) is 13.6 Å². The van der Waals surface area contributed by atoms with E-state index in [2.05, 4.69) is 21.3 Å². The maximum Gasteiger partial charge on any atom is 0.408 e. The summed E-state index contributed by atoms with van der Waals surface area (Å²) in [7, 11) is 1.79. The molecule has 0 aliphatic rings. The summed E-state index contributed by atoms with van der Waals surface area (Å²) in [5.41, 5.74) is 2.41. The van der Waals surface area contributed by atoms with Crippen molar-refractivity contribution in [2.24, 2.45) is 7.05 Å². The zero-order valence-corrected chi connectivity index (χ0v) is 21.5. The number of pyridine rings is 1. The fourth-order valence-corrected chi connectivity index (χ4v) is 4.35. The molecule has 2 aromatic heterocycles. The first-order valence-electron chi connectivity index (χ1n) is 11.5. The molecule has 1 N–H and O–H groups in total. The third-order valence-corrected chi connectivity index (χ3v) is 5.92. The standard InChI is InChI=1S/C28H25ClF2N4O2/c1-6-19-7-8-20(21-9-10-23(29)22-15-32-35(5)26(21)22)25(33-19)24(34-27(36)37-28(2,3)4)13-16-11-17(30)14-18(31)12-16/h1,7-12,14-15,24H,13H2,2-5H3,(H,34,36). The lowest BCUT2D eigenvalue weighted by molar-refractivity contribution is 0.0502. The Morgan fingerprint density at radius 2 is 1.84 bits per heavy atom. The molecule has 0 fully saturated rings. The van der Waals surface area contributed by atoms with Gasteiger partial charge in [0.25, 0.3) is 0 Å². The molecule has 6 nitrogen and oxygen atoms in total. The van der Waals surface area contributed by atoms with Gasteiger partial charge in [-0.1, -0.05) is 23.6 Å². The molecule has 190 valence electrons. The van der Waals surface area contributed by atoms with Gasteiger partial charge in [0.05, 0.1) is 28.5 Å². The maximum absolute atomic E-state index is 14.0. The minimum atomic E-state index is -0.849. The molecule has 4 rings (SSSR count). The zero-order chi connectivity index (χ0) is 26.9. The highest BCUT2D eigenvalue weighted by atomic mass is 35.5. The van der Waals surface area contributed by atoms with E-state index in [0.29, 0.717) is 27.5 Å². The summed E-state index contributed by atoms with van der Waals surface area (Å²) in [6.45, 7) is 5.21. The molecule has 0 saturated carbocycles. The van der Waals surface area contributed by atoms with Crippen molar-refractivity contribution >= 4 is 28.6 Å². The third kappa shape index (κ3) is 5.89. The van der Waals surface area contributed by atoms with Gasteiger partial charge in [0, 0.05) is 29.6 Å². The Bertz CT molecular complexity index is 1520. The van der Waals surface area contributed by atoms with Gasteiger partial charge < -0.3 is 10.1 Å². The first kappa shape index (κ1) is 26.1. The molecule has 2 aromatic carbocycles. The molecule has 37 heavy (non-hydrogen) atoms. The number of ether oxygens (including phenoxy) is 1. The van der Waals surface area contributed by atoms with E-state index in [1.54, 1.807) is 56.9 Å². The lowest BCUT2D eigenvalue weighted by atomic mass is 9.94. The fourth-order valence-electron chi connectivity index (χ4n) is 4.15. The van der Waals surface area contributed by atoms with E-state index >= 15 is 0 Å². The van der Waals surface area contributed by atoms with Crippen molar-refractivity contribution in [1.82, 2.24) is 20.1 Å². The fraction of sp³-hybridized carbons (Fsp3) is 0.250. The summed E-state index contributed by atoms with van der Waals surface area (Å²) in [6, 6.07) is 9.41. The molecule has 0 spiro atoms. The second-order valence-corrected chi connectivity index (χ2v) is 9.99. The number of carbonyl (C=O) groups is 1. The Labute approximate surface area is 218 Å². The summed E-state index contributed by atoms with van der Waals surface area (Å²) < 4.78 is 35.2. The van der Waals surface area contributed by atoms with Gasteiger partial charge in [-0.15, -0.1) is 6.42 Å². The number of benzene rings is 2. The van der Waals surface area contributed by atoms with Crippen LogP contribution in [0.3, 0.4) is 0 Å². The summed E-state index contributed by atoms with van der Waals surface area (Å²) in [6.07, 6.45) is 6.61. The molecule has 0 aliphatic carbocycles.